The van der Waals surface area contributed by atoms with Gasteiger partial charge < -0.3 is 15.4 Å². The first kappa shape index (κ1) is 20.9. The van der Waals surface area contributed by atoms with E-state index in [1.165, 1.54) is 23.4 Å². The van der Waals surface area contributed by atoms with E-state index >= 15 is 0 Å². The summed E-state index contributed by atoms with van der Waals surface area (Å²) in [4.78, 5) is 26.8. The maximum atomic E-state index is 12.6. The fourth-order valence-corrected chi connectivity index (χ4v) is 3.34. The van der Waals surface area contributed by atoms with Crippen molar-refractivity contribution in [2.24, 2.45) is 0 Å². The Balaban J connectivity index is 1.59. The van der Waals surface area contributed by atoms with Gasteiger partial charge in [0.25, 0.3) is 0 Å². The minimum atomic E-state index is -0.518. The second kappa shape index (κ2) is 8.80. The van der Waals surface area contributed by atoms with Gasteiger partial charge >= 0.3 is 6.03 Å². The molecule has 4 heterocycles. The molecule has 0 fully saturated rings. The summed E-state index contributed by atoms with van der Waals surface area (Å²) in [7, 11) is 1.56. The molecule has 4 aromatic heterocycles. The lowest BCUT2D eigenvalue weighted by Gasteiger charge is -2.18. The van der Waals surface area contributed by atoms with Gasteiger partial charge in [-0.05, 0) is 25.1 Å². The average Bonchev–Trinajstić information content (AvgIpc) is 3.27. The molecule has 12 heteroatoms. The van der Waals surface area contributed by atoms with Crippen LogP contribution in [0, 0.1) is 0 Å². The second-order valence-electron chi connectivity index (χ2n) is 6.39. The molecular weight excluding hydrogens is 443 g/mol. The number of hydrogen-bond acceptors (Lipinski definition) is 7. The topological polar surface area (TPSA) is 120 Å². The number of fused-ring (bicyclic) bond motifs is 1. The summed E-state index contributed by atoms with van der Waals surface area (Å²) in [5, 5.41) is 14.0. The Bertz CT molecular complexity index is 1250. The van der Waals surface area contributed by atoms with Crippen LogP contribution in [0.5, 0.6) is 0 Å². The van der Waals surface area contributed by atoms with Crippen molar-refractivity contribution in [2.75, 3.05) is 17.7 Å². The van der Waals surface area contributed by atoms with E-state index < -0.39 is 6.03 Å². The number of amides is 2. The van der Waals surface area contributed by atoms with Gasteiger partial charge in [0.15, 0.2) is 5.82 Å². The van der Waals surface area contributed by atoms with Crippen LogP contribution in [0.15, 0.2) is 43.0 Å². The van der Waals surface area contributed by atoms with E-state index in [9.17, 15) is 4.79 Å². The zero-order chi connectivity index (χ0) is 22.0. The van der Waals surface area contributed by atoms with Gasteiger partial charge in [0.1, 0.15) is 5.15 Å². The number of aromatic nitrogens is 6. The van der Waals surface area contributed by atoms with E-state index in [1.807, 2.05) is 6.92 Å². The van der Waals surface area contributed by atoms with Crippen molar-refractivity contribution in [2.45, 2.75) is 13.0 Å². The van der Waals surface area contributed by atoms with Gasteiger partial charge in [0.2, 0.25) is 0 Å². The van der Waals surface area contributed by atoms with Gasteiger partial charge in [0, 0.05) is 12.7 Å². The van der Waals surface area contributed by atoms with E-state index in [1.54, 1.807) is 31.5 Å². The molecule has 0 spiro atoms. The summed E-state index contributed by atoms with van der Waals surface area (Å²) in [6.45, 7) is 1.84. The molecular formula is C19H16Cl2N8O2. The molecule has 158 valence electrons. The molecule has 0 aliphatic carbocycles. The monoisotopic (exact) mass is 458 g/mol. The molecule has 1 unspecified atom stereocenters. The summed E-state index contributed by atoms with van der Waals surface area (Å²) >= 11 is 12.3. The lowest BCUT2D eigenvalue weighted by atomic mass is 10.1. The Morgan fingerprint density at radius 1 is 1.13 bits per heavy atom. The van der Waals surface area contributed by atoms with Crippen molar-refractivity contribution in [3.05, 3.63) is 58.7 Å². The fraction of sp³-hybridized carbons (Fsp3) is 0.158. The lowest BCUT2D eigenvalue weighted by molar-refractivity contribution is 0.121. The van der Waals surface area contributed by atoms with Gasteiger partial charge in [-0.15, -0.1) is 4.80 Å². The normalized spacial score (nSPS) is 12.0. The predicted molar refractivity (Wildman–Crippen MR) is 117 cm³/mol. The molecule has 0 aliphatic heterocycles. The summed E-state index contributed by atoms with van der Waals surface area (Å²) < 4.78 is 5.46. The van der Waals surface area contributed by atoms with E-state index in [-0.39, 0.29) is 11.1 Å². The number of ether oxygens (including phenoxy) is 1. The van der Waals surface area contributed by atoms with Gasteiger partial charge in [-0.2, -0.15) is 10.2 Å². The molecule has 4 aromatic rings. The first-order chi connectivity index (χ1) is 15.0. The molecule has 0 aliphatic rings. The number of nitrogens with zero attached hydrogens (tertiary/aromatic N) is 6. The van der Waals surface area contributed by atoms with Crippen LogP contribution in [0.1, 0.15) is 18.6 Å². The Morgan fingerprint density at radius 2 is 1.90 bits per heavy atom. The fourth-order valence-electron chi connectivity index (χ4n) is 2.95. The van der Waals surface area contributed by atoms with E-state index in [0.29, 0.717) is 38.9 Å². The number of hydrogen-bond donors (Lipinski definition) is 2. The Kier molecular flexibility index (Phi) is 5.94. The molecule has 1 atom stereocenters. The predicted octanol–water partition coefficient (Wildman–Crippen LogP) is 4.26. The van der Waals surface area contributed by atoms with Gasteiger partial charge in [-0.1, -0.05) is 23.2 Å². The van der Waals surface area contributed by atoms with Crippen LogP contribution in [0.25, 0.3) is 16.9 Å². The van der Waals surface area contributed by atoms with Crippen molar-refractivity contribution in [3.8, 4) is 5.82 Å². The third-order valence-corrected chi connectivity index (χ3v) is 4.90. The van der Waals surface area contributed by atoms with Crippen LogP contribution in [-0.4, -0.2) is 43.1 Å². The zero-order valence-electron chi connectivity index (χ0n) is 16.4. The number of urea groups is 1. The Labute approximate surface area is 186 Å². The highest BCUT2D eigenvalue weighted by molar-refractivity contribution is 6.32. The summed E-state index contributed by atoms with van der Waals surface area (Å²) in [6.07, 6.45) is 5.64. The third-order valence-electron chi connectivity index (χ3n) is 4.41. The van der Waals surface area contributed by atoms with Crippen LogP contribution in [0.4, 0.5) is 16.2 Å². The largest absolute Gasteiger partial charge is 0.377 e. The van der Waals surface area contributed by atoms with Crippen molar-refractivity contribution in [1.29, 1.82) is 0 Å². The minimum absolute atomic E-state index is 0.272. The highest BCUT2D eigenvalue weighted by Gasteiger charge is 2.19. The number of carbonyl (C=O) groups excluding carboxylic acids is 1. The maximum Gasteiger partial charge on any atom is 0.323 e. The van der Waals surface area contributed by atoms with Gasteiger partial charge in [0.05, 0.1) is 58.3 Å². The van der Waals surface area contributed by atoms with Crippen LogP contribution in [-0.2, 0) is 4.74 Å². The number of nitrogens with one attached hydrogen (secondary N) is 2. The van der Waals surface area contributed by atoms with Crippen molar-refractivity contribution >= 4 is 51.6 Å². The van der Waals surface area contributed by atoms with E-state index in [0.717, 1.165) is 0 Å². The quantitative estimate of drug-likeness (QED) is 0.428. The van der Waals surface area contributed by atoms with Crippen LogP contribution >= 0.6 is 23.2 Å². The molecule has 0 radical (unpaired) electrons. The minimum Gasteiger partial charge on any atom is -0.377 e. The summed E-state index contributed by atoms with van der Waals surface area (Å²) in [6, 6.07) is 4.43. The number of rotatable bonds is 5. The molecule has 10 nitrogen and oxygen atoms in total. The third kappa shape index (κ3) is 4.41. The standard InChI is InChI=1S/C19H16Cl2N8O2/c1-10(31-2)16-14(9-22-13-3-4-15(21)28-17(13)16)27-19(30)26-11-7-12(20)18(23-8-11)29-24-5-6-25-29/h3-10H,1-2H3,(H2,26,27,30). The maximum absolute atomic E-state index is 12.6. The van der Waals surface area contributed by atoms with E-state index in [2.05, 4.69) is 35.8 Å². The van der Waals surface area contributed by atoms with Crippen LogP contribution in [0.3, 0.4) is 0 Å². The smallest absolute Gasteiger partial charge is 0.323 e. The molecule has 2 amide bonds. The number of halogens is 2. The van der Waals surface area contributed by atoms with Crippen LogP contribution < -0.4 is 10.6 Å². The molecule has 31 heavy (non-hydrogen) atoms. The number of methoxy groups -OCH3 is 1. The first-order valence-electron chi connectivity index (χ1n) is 9.04. The van der Waals surface area contributed by atoms with Crippen molar-refractivity contribution in [1.82, 2.24) is 29.9 Å². The van der Waals surface area contributed by atoms with Crippen LogP contribution in [0.2, 0.25) is 10.2 Å². The SMILES string of the molecule is COC(C)c1c(NC(=O)Nc2cnc(-n3nccn3)c(Cl)c2)cnc2ccc(Cl)nc12. The zero-order valence-corrected chi connectivity index (χ0v) is 17.9. The second-order valence-corrected chi connectivity index (χ2v) is 7.19. The highest BCUT2D eigenvalue weighted by Crippen LogP contribution is 2.31. The summed E-state index contributed by atoms with van der Waals surface area (Å²) in [5.41, 5.74) is 2.65. The molecule has 0 bridgehead atoms. The molecule has 0 aromatic carbocycles. The molecule has 4 rings (SSSR count). The first-order valence-corrected chi connectivity index (χ1v) is 9.80. The van der Waals surface area contributed by atoms with Crippen molar-refractivity contribution in [3.63, 3.8) is 0 Å². The van der Waals surface area contributed by atoms with Gasteiger partial charge in [-0.3, -0.25) is 4.98 Å². The number of carbonyl (C=O) groups is 1. The highest BCUT2D eigenvalue weighted by atomic mass is 35.5. The number of pyridine rings is 3. The Morgan fingerprint density at radius 3 is 2.61 bits per heavy atom. The molecule has 0 saturated heterocycles. The van der Waals surface area contributed by atoms with Crippen molar-refractivity contribution < 1.29 is 9.53 Å². The summed E-state index contributed by atoms with van der Waals surface area (Å²) in [5.74, 6) is 0.343. The molecule has 0 saturated carbocycles. The molecule has 2 N–H and O–H groups in total. The van der Waals surface area contributed by atoms with Gasteiger partial charge in [-0.25, -0.2) is 14.8 Å². The number of anilines is 2. The average molecular weight is 459 g/mol. The van der Waals surface area contributed by atoms with E-state index in [4.69, 9.17) is 27.9 Å². The lowest BCUT2D eigenvalue weighted by Crippen LogP contribution is -2.21. The Hall–Kier alpha value is -3.34.